The highest BCUT2D eigenvalue weighted by Gasteiger charge is 2.39. The average molecular weight is 565 g/mol. The van der Waals surface area contributed by atoms with Crippen LogP contribution < -0.4 is 4.74 Å². The van der Waals surface area contributed by atoms with E-state index in [0.29, 0.717) is 4.47 Å². The fourth-order valence-corrected chi connectivity index (χ4v) is 6.90. The van der Waals surface area contributed by atoms with Gasteiger partial charge in [0.1, 0.15) is 22.6 Å². The van der Waals surface area contributed by atoms with Crippen LogP contribution in [0.1, 0.15) is 13.8 Å². The number of ether oxygens (including phenoxy) is 1. The van der Waals surface area contributed by atoms with Crippen LogP contribution in [-0.4, -0.2) is 69.4 Å². The fourth-order valence-electron chi connectivity index (χ4n) is 3.56. The third kappa shape index (κ3) is 5.41. The van der Waals surface area contributed by atoms with Crippen LogP contribution in [0.4, 0.5) is 4.39 Å². The quantitative estimate of drug-likeness (QED) is 0.578. The molecule has 1 N–H and O–H groups in total. The SMILES string of the molecule is C[C@@H]1CN([C@H](C)CO)S(=O)(=O)c2ccc(Br)cc2O[C@@H]1CN(C)S(=O)(=O)c1ccc(F)cc1. The smallest absolute Gasteiger partial charge is 0.247 e. The molecule has 1 heterocycles. The van der Waals surface area contributed by atoms with Crippen molar-refractivity contribution in [3.05, 3.63) is 52.8 Å². The average Bonchev–Trinajstić information content (AvgIpc) is 2.75. The van der Waals surface area contributed by atoms with Crippen LogP contribution in [-0.2, 0) is 20.0 Å². The second kappa shape index (κ2) is 9.96. The van der Waals surface area contributed by atoms with Crippen molar-refractivity contribution in [1.29, 1.82) is 0 Å². The first kappa shape index (κ1) is 26.0. The number of nitrogens with zero attached hydrogens (tertiary/aromatic N) is 2. The Labute approximate surface area is 202 Å². The lowest BCUT2D eigenvalue weighted by atomic mass is 10.0. The van der Waals surface area contributed by atoms with Gasteiger partial charge in [-0.25, -0.2) is 21.2 Å². The summed E-state index contributed by atoms with van der Waals surface area (Å²) in [6.07, 6.45) is -0.706. The Kier molecular flexibility index (Phi) is 7.86. The lowest BCUT2D eigenvalue weighted by molar-refractivity contribution is 0.0904. The van der Waals surface area contributed by atoms with Crippen LogP contribution in [0.5, 0.6) is 5.75 Å². The molecule has 3 rings (SSSR count). The standard InChI is InChI=1S/C21H26BrFN2O6S2/c1-14-11-25(15(2)13-26)33(29,30)21-9-4-16(22)10-19(21)31-20(14)12-24(3)32(27,28)18-7-5-17(23)6-8-18/h4-10,14-15,20,26H,11-13H2,1-3H3/t14-,15-,20-/m1/s1. The van der Waals surface area contributed by atoms with Gasteiger partial charge in [0.05, 0.1) is 18.0 Å². The summed E-state index contributed by atoms with van der Waals surface area (Å²) >= 11 is 3.32. The number of fused-ring (bicyclic) bond motifs is 1. The molecule has 3 atom stereocenters. The molecule has 1 aliphatic rings. The van der Waals surface area contributed by atoms with Crippen LogP contribution in [0.15, 0.2) is 56.7 Å². The molecule has 8 nitrogen and oxygen atoms in total. The van der Waals surface area contributed by atoms with Gasteiger partial charge in [-0.05, 0) is 49.4 Å². The lowest BCUT2D eigenvalue weighted by Crippen LogP contribution is -2.50. The molecule has 12 heteroatoms. The number of hydrogen-bond acceptors (Lipinski definition) is 6. The third-order valence-electron chi connectivity index (χ3n) is 5.59. The van der Waals surface area contributed by atoms with Gasteiger partial charge in [-0.3, -0.25) is 0 Å². The second-order valence-corrected chi connectivity index (χ2v) is 12.9. The first-order chi connectivity index (χ1) is 15.4. The van der Waals surface area contributed by atoms with Crippen molar-refractivity contribution in [3.8, 4) is 5.75 Å². The Morgan fingerprint density at radius 2 is 1.91 bits per heavy atom. The third-order valence-corrected chi connectivity index (χ3v) is 9.94. The minimum absolute atomic E-state index is 0.0225. The first-order valence-electron chi connectivity index (χ1n) is 10.2. The topological polar surface area (TPSA) is 104 Å². The van der Waals surface area contributed by atoms with Gasteiger partial charge in [-0.2, -0.15) is 8.61 Å². The van der Waals surface area contributed by atoms with E-state index in [1.54, 1.807) is 19.9 Å². The molecular weight excluding hydrogens is 539 g/mol. The van der Waals surface area contributed by atoms with Crippen molar-refractivity contribution in [2.24, 2.45) is 5.92 Å². The van der Waals surface area contributed by atoms with Gasteiger partial charge in [0, 0.05) is 30.0 Å². The monoisotopic (exact) mass is 564 g/mol. The number of rotatable bonds is 6. The number of halogens is 2. The summed E-state index contributed by atoms with van der Waals surface area (Å²) in [7, 11) is -6.52. The normalized spacial score (nSPS) is 22.2. The summed E-state index contributed by atoms with van der Waals surface area (Å²) in [5, 5.41) is 9.66. The Hall–Kier alpha value is -1.57. The molecule has 0 radical (unpaired) electrons. The van der Waals surface area contributed by atoms with Crippen LogP contribution >= 0.6 is 15.9 Å². The highest BCUT2D eigenvalue weighted by Crippen LogP contribution is 2.35. The van der Waals surface area contributed by atoms with Crippen molar-refractivity contribution in [2.45, 2.75) is 35.8 Å². The van der Waals surface area contributed by atoms with E-state index in [1.165, 1.54) is 35.6 Å². The zero-order valence-electron chi connectivity index (χ0n) is 18.4. The zero-order valence-corrected chi connectivity index (χ0v) is 21.6. The first-order valence-corrected chi connectivity index (χ1v) is 13.9. The lowest BCUT2D eigenvalue weighted by Gasteiger charge is -2.37. The van der Waals surface area contributed by atoms with Gasteiger partial charge in [-0.15, -0.1) is 0 Å². The molecule has 182 valence electrons. The fraction of sp³-hybridized carbons (Fsp3) is 0.429. The van der Waals surface area contributed by atoms with Gasteiger partial charge in [-0.1, -0.05) is 22.9 Å². The molecule has 0 unspecified atom stereocenters. The minimum Gasteiger partial charge on any atom is -0.487 e. The molecule has 0 amide bonds. The van der Waals surface area contributed by atoms with E-state index in [-0.39, 0.29) is 35.2 Å². The predicted octanol–water partition coefficient (Wildman–Crippen LogP) is 2.68. The predicted molar refractivity (Wildman–Crippen MR) is 124 cm³/mol. The molecule has 2 aromatic carbocycles. The van der Waals surface area contributed by atoms with Crippen LogP contribution in [0.3, 0.4) is 0 Å². The van der Waals surface area contributed by atoms with E-state index in [4.69, 9.17) is 4.74 Å². The van der Waals surface area contributed by atoms with Crippen LogP contribution in [0, 0.1) is 11.7 Å². The summed E-state index contributed by atoms with van der Waals surface area (Å²) in [6.45, 7) is 2.94. The highest BCUT2D eigenvalue weighted by atomic mass is 79.9. The molecule has 33 heavy (non-hydrogen) atoms. The molecule has 1 aliphatic heterocycles. The van der Waals surface area contributed by atoms with Crippen LogP contribution in [0.25, 0.3) is 0 Å². The van der Waals surface area contributed by atoms with E-state index in [2.05, 4.69) is 15.9 Å². The molecule has 0 spiro atoms. The van der Waals surface area contributed by atoms with Crippen molar-refractivity contribution in [3.63, 3.8) is 0 Å². The molecule has 0 saturated carbocycles. The van der Waals surface area contributed by atoms with Gasteiger partial charge >= 0.3 is 0 Å². The van der Waals surface area contributed by atoms with Gasteiger partial charge < -0.3 is 9.84 Å². The summed E-state index contributed by atoms with van der Waals surface area (Å²) in [5.41, 5.74) is 0. The Morgan fingerprint density at radius 1 is 1.27 bits per heavy atom. The molecule has 0 bridgehead atoms. The number of sulfonamides is 2. The molecule has 2 aromatic rings. The molecule has 0 fully saturated rings. The minimum atomic E-state index is -3.97. The van der Waals surface area contributed by atoms with E-state index in [1.807, 2.05) is 0 Å². The van der Waals surface area contributed by atoms with Gasteiger partial charge in [0.15, 0.2) is 0 Å². The highest BCUT2D eigenvalue weighted by molar-refractivity contribution is 9.10. The number of hydrogen-bond donors (Lipinski definition) is 1. The Balaban J connectivity index is 2.00. The second-order valence-electron chi connectivity index (χ2n) is 8.07. The van der Waals surface area contributed by atoms with Crippen molar-refractivity contribution in [1.82, 2.24) is 8.61 Å². The summed E-state index contributed by atoms with van der Waals surface area (Å²) < 4.78 is 74.9. The number of aliphatic hydroxyl groups excluding tert-OH is 1. The summed E-state index contributed by atoms with van der Waals surface area (Å²) in [5.74, 6) is -0.884. The van der Waals surface area contributed by atoms with Crippen LogP contribution in [0.2, 0.25) is 0 Å². The van der Waals surface area contributed by atoms with E-state index >= 15 is 0 Å². The van der Waals surface area contributed by atoms with E-state index in [9.17, 15) is 26.3 Å². The number of aliphatic hydroxyl groups is 1. The molecule has 0 aliphatic carbocycles. The largest absolute Gasteiger partial charge is 0.487 e. The summed E-state index contributed by atoms with van der Waals surface area (Å²) in [4.78, 5) is -0.127. The zero-order chi connectivity index (χ0) is 24.6. The Morgan fingerprint density at radius 3 is 2.52 bits per heavy atom. The maximum Gasteiger partial charge on any atom is 0.247 e. The summed E-state index contributed by atoms with van der Waals surface area (Å²) in [6, 6.07) is 8.35. The number of benzene rings is 2. The molecular formula is C21H26BrFN2O6S2. The van der Waals surface area contributed by atoms with Gasteiger partial charge in [0.2, 0.25) is 20.0 Å². The molecule has 0 aromatic heterocycles. The maximum atomic E-state index is 13.3. The Bertz CT molecular complexity index is 1210. The molecule has 0 saturated heterocycles. The van der Waals surface area contributed by atoms with E-state index in [0.717, 1.165) is 16.4 Å². The van der Waals surface area contributed by atoms with Crippen molar-refractivity contribution in [2.75, 3.05) is 26.7 Å². The van der Waals surface area contributed by atoms with Crippen molar-refractivity contribution >= 4 is 36.0 Å². The number of likely N-dealkylation sites (N-methyl/N-ethyl adjacent to an activating group) is 1. The van der Waals surface area contributed by atoms with E-state index < -0.39 is 43.9 Å². The van der Waals surface area contributed by atoms with Crippen molar-refractivity contribution < 1.29 is 31.1 Å². The maximum absolute atomic E-state index is 13.3. The van der Waals surface area contributed by atoms with Gasteiger partial charge in [0.25, 0.3) is 0 Å².